The van der Waals surface area contributed by atoms with Crippen molar-refractivity contribution in [2.45, 2.75) is 149 Å². The Morgan fingerprint density at radius 1 is 0.531 bits per heavy atom. The van der Waals surface area contributed by atoms with Crippen LogP contribution in [0.25, 0.3) is 4.13 Å². The number of carbonyl (C=O) groups is 3. The minimum atomic E-state index is -6.46. The van der Waals surface area contributed by atoms with Gasteiger partial charge < -0.3 is 24.6 Å². The summed E-state index contributed by atoms with van der Waals surface area (Å²) in [5.74, 6) is 1.45. The number of halogens is 11. The Morgan fingerprint density at radius 2 is 0.840 bits per heavy atom. The van der Waals surface area contributed by atoms with E-state index in [9.17, 15) is 99.0 Å². The zero-order valence-electron chi connectivity index (χ0n) is 44.9. The maximum atomic E-state index is 14.0. The number of carbonyl (C=O) groups excluding carboxylic acids is 3. The van der Waals surface area contributed by atoms with Crippen molar-refractivity contribution in [3.63, 3.8) is 0 Å². The minimum Gasteiger partial charge on any atom is -0.431 e. The summed E-state index contributed by atoms with van der Waals surface area (Å²) in [6.07, 6.45) is 24.2. The molecule has 5 aliphatic heterocycles. The molecule has 2 N–H and O–H groups in total. The van der Waals surface area contributed by atoms with Crippen molar-refractivity contribution in [2.75, 3.05) is 65.2 Å². The third-order valence-electron chi connectivity index (χ3n) is 16.1. The van der Waals surface area contributed by atoms with Crippen molar-refractivity contribution < 1.29 is 137 Å². The zero-order chi connectivity index (χ0) is 60.3. The number of amides is 2. The van der Waals surface area contributed by atoms with E-state index in [1.807, 2.05) is 0 Å². The van der Waals surface area contributed by atoms with Crippen molar-refractivity contribution >= 4 is 68.5 Å². The monoisotopic (exact) mass is 1300 g/mol. The fourth-order valence-corrected chi connectivity index (χ4v) is 14.9. The van der Waals surface area contributed by atoms with Crippen LogP contribution < -0.4 is 40.2 Å². The van der Waals surface area contributed by atoms with Gasteiger partial charge in [-0.15, -0.1) is 0 Å². The van der Waals surface area contributed by atoms with Crippen LogP contribution in [-0.2, 0) is 69.2 Å². The number of sulfonamides is 2. The third kappa shape index (κ3) is 20.5. The summed E-state index contributed by atoms with van der Waals surface area (Å²) < 4.78 is 244. The number of piperidine rings is 4. The van der Waals surface area contributed by atoms with E-state index in [1.165, 1.54) is 90.4 Å². The fraction of sp³-hybridized carbons (Fsp3) is 0.933. The Morgan fingerprint density at radius 3 is 1.10 bits per heavy atom. The van der Waals surface area contributed by atoms with E-state index < -0.39 is 96.1 Å². The molecule has 5 saturated heterocycles. The van der Waals surface area contributed by atoms with E-state index in [2.05, 4.69) is 18.9 Å². The maximum Gasteiger partial charge on any atom is 1.00 e. The molecule has 468 valence electrons. The van der Waals surface area contributed by atoms with Gasteiger partial charge in [0.25, 0.3) is 0 Å². The molecule has 0 aromatic carbocycles. The average Bonchev–Trinajstić information content (AvgIpc) is 3.39. The first-order chi connectivity index (χ1) is 36.8. The quantitative estimate of drug-likeness (QED) is 0.150. The molecule has 0 radical (unpaired) electrons. The summed E-state index contributed by atoms with van der Waals surface area (Å²) in [5, 5.41) is -12.1. The van der Waals surface area contributed by atoms with Crippen molar-refractivity contribution in [1.82, 2.24) is 20.4 Å². The second-order valence-corrected chi connectivity index (χ2v) is 29.7. The van der Waals surface area contributed by atoms with Crippen molar-refractivity contribution in [3.05, 3.63) is 4.13 Å². The number of rotatable bonds is 8. The van der Waals surface area contributed by atoms with Crippen LogP contribution in [0.5, 0.6) is 0 Å². The van der Waals surface area contributed by atoms with Gasteiger partial charge in [0, 0.05) is 32.4 Å². The summed E-state index contributed by atoms with van der Waals surface area (Å²) in [6.45, 7) is 4.48. The summed E-state index contributed by atoms with van der Waals surface area (Å²) in [7, 11) is -27.5. The molecule has 9 fully saturated rings. The molecule has 8 atom stereocenters. The number of nitrogens with one attached hydrogen (secondary N) is 2. The molecule has 4 saturated carbocycles. The van der Waals surface area contributed by atoms with Crippen LogP contribution in [0.4, 0.5) is 47.3 Å². The second kappa shape index (κ2) is 30.4. The number of alkyl halides is 8. The summed E-state index contributed by atoms with van der Waals surface area (Å²) in [4.78, 5) is 34.2. The Bertz CT molecular complexity index is 2610. The molecule has 8 unspecified atom stereocenters. The Labute approximate surface area is 489 Å². The molecule has 2 amide bonds. The molecular weight excluding hydrogens is 1230 g/mol. The molecule has 0 bridgehead atoms. The van der Waals surface area contributed by atoms with Crippen molar-refractivity contribution in [1.29, 1.82) is 0 Å². The van der Waals surface area contributed by atoms with Crippen LogP contribution in [0.15, 0.2) is 0 Å². The Hall–Kier alpha value is -1.57. The molecular formula is C45H71F11N5NaO14S5. The third-order valence-corrected chi connectivity index (χ3v) is 21.7. The van der Waals surface area contributed by atoms with Gasteiger partial charge in [-0.2, -0.15) is 64.8 Å². The van der Waals surface area contributed by atoms with E-state index in [4.69, 9.17) is 4.79 Å². The molecule has 36 heteroatoms. The normalized spacial score (nSPS) is 29.1. The number of fused-ring (bicyclic) bond motifs is 4. The van der Waals surface area contributed by atoms with Gasteiger partial charge in [0.1, 0.15) is 6.61 Å². The van der Waals surface area contributed by atoms with Gasteiger partial charge in [-0.1, -0.05) is 84.8 Å². The van der Waals surface area contributed by atoms with Crippen LogP contribution in [0.2, 0.25) is 0 Å². The first-order valence-corrected chi connectivity index (χ1v) is 33.9. The van der Waals surface area contributed by atoms with Crippen LogP contribution in [0.3, 0.4) is 0 Å². The van der Waals surface area contributed by atoms with Gasteiger partial charge in [0.2, 0.25) is 0 Å². The first kappa shape index (κ1) is 73.7. The van der Waals surface area contributed by atoms with Gasteiger partial charge >= 0.3 is 99.0 Å². The molecule has 4 aliphatic carbocycles. The minimum absolute atomic E-state index is 0. The maximum absolute atomic E-state index is 14.0. The van der Waals surface area contributed by atoms with Gasteiger partial charge in [-0.3, -0.25) is 18.6 Å². The molecule has 9 aliphatic rings. The van der Waals surface area contributed by atoms with Gasteiger partial charge in [-0.25, -0.2) is 16.8 Å². The Balaban J connectivity index is 0.000000266. The first-order valence-electron chi connectivity index (χ1n) is 26.4. The summed E-state index contributed by atoms with van der Waals surface area (Å²) in [6, 6.07) is -3.53. The molecule has 0 spiro atoms. The van der Waals surface area contributed by atoms with E-state index in [0.717, 1.165) is 84.8 Å². The largest absolute Gasteiger partial charge is 1.00 e. The summed E-state index contributed by atoms with van der Waals surface area (Å²) >= 11 is 0. The van der Waals surface area contributed by atoms with Gasteiger partial charge in [0.05, 0.1) is 10.0 Å². The van der Waals surface area contributed by atoms with Crippen LogP contribution in [0, 0.1) is 47.3 Å². The number of likely N-dealkylation sites (tertiary alicyclic amines) is 2. The predicted octanol–water partition coefficient (Wildman–Crippen LogP) is 4.09. The standard InChI is InChI=1S/C12H19F2N2O5S2.C11H16F3NO3S.2C9H17N.C2F4O3S.C2H2F2O3S.Na/c1-22(18,19)15-23(20,21)12(13,14)11(17)16-7-6-9-4-2-3-5-10(9)8-16;12-11(13,19(14,17)18)10(16)15-6-5-8-3-1-2-4-9(8)7-15;2*1-2-4-9-7-10-6-5-8(9)3-1;3-1(7)2(4,5)10(6,8)9;3-2(4)1-7-8(2,5)6;/h9-10H,2-8H2,1H3;8-9H,1-7H2;2*8-10H,1-7H2;;1H2;/q-1;;;;;;+1. The molecule has 81 heavy (non-hydrogen) atoms. The van der Waals surface area contributed by atoms with E-state index in [-0.39, 0.29) is 67.6 Å². The van der Waals surface area contributed by atoms with Crippen molar-refractivity contribution in [3.8, 4) is 0 Å². The molecule has 0 aromatic rings. The molecule has 9 rings (SSSR count). The fourth-order valence-electron chi connectivity index (χ4n) is 11.7. The number of nitrogens with zero attached hydrogens (tertiary/aromatic N) is 3. The molecule has 5 heterocycles. The number of hydrogen-bond acceptors (Lipinski definition) is 16. The van der Waals surface area contributed by atoms with E-state index in [1.54, 1.807) is 0 Å². The SMILES string of the molecule is C1CCC2CNCCC2C1.C1CCC2CNCCC2C1.CS(=O)(=O)[N-]S(=O)(=O)C(F)(F)C(=O)N1CCC2CCCCC2C1.O=C(F)C(F)(F)S(=O)(=O)F.O=C(N1CCC2CCCCC2C1)C(F)(F)S(=O)(=O)F.O=S1(=O)OCC1(F)F.[Na+]. The Kier molecular flexibility index (Phi) is 27.6. The topological polar surface area (TPSA) is 276 Å². The zero-order valence-corrected chi connectivity index (χ0v) is 51.0. The van der Waals surface area contributed by atoms with Crippen LogP contribution in [-0.4, -0.2) is 156 Å². The van der Waals surface area contributed by atoms with Crippen LogP contribution in [0.1, 0.15) is 128 Å². The predicted molar refractivity (Wildman–Crippen MR) is 267 cm³/mol. The molecule has 0 aromatic heterocycles. The van der Waals surface area contributed by atoms with E-state index in [0.29, 0.717) is 30.9 Å². The summed E-state index contributed by atoms with van der Waals surface area (Å²) in [5.41, 5.74) is 0. The van der Waals surface area contributed by atoms with E-state index >= 15 is 0 Å². The molecule has 19 nitrogen and oxygen atoms in total. The van der Waals surface area contributed by atoms with Gasteiger partial charge in [0.15, 0.2) is 10.0 Å². The van der Waals surface area contributed by atoms with Crippen LogP contribution >= 0.6 is 0 Å². The average molecular weight is 1300 g/mol. The number of hydrogen-bond donors (Lipinski definition) is 2. The smallest absolute Gasteiger partial charge is 0.431 e. The second-order valence-electron chi connectivity index (χ2n) is 21.6. The van der Waals surface area contributed by atoms with Crippen molar-refractivity contribution in [2.24, 2.45) is 47.3 Å². The van der Waals surface area contributed by atoms with Gasteiger partial charge in [-0.05, 0) is 125 Å².